The molecule has 0 aliphatic rings. The van der Waals surface area contributed by atoms with Crippen LogP contribution in [0.2, 0.25) is 0 Å². The Bertz CT molecular complexity index is 456. The molecule has 0 saturated carbocycles. The van der Waals surface area contributed by atoms with E-state index < -0.39 is 11.9 Å². The smallest absolute Gasteiger partial charge is 0.328 e. The van der Waals surface area contributed by atoms with Crippen LogP contribution in [0.1, 0.15) is 12.5 Å². The van der Waals surface area contributed by atoms with Crippen LogP contribution in [0.3, 0.4) is 0 Å². The molecule has 0 aliphatic heterocycles. The SMILES string of the molecule is CCN(CC(N)=O)c1ncc(/C=C/C(=O)O)cn1. The number of nitrogens with zero attached hydrogens (tertiary/aromatic N) is 3. The molecule has 0 radical (unpaired) electrons. The molecule has 0 unspecified atom stereocenters. The van der Waals surface area contributed by atoms with Crippen molar-refractivity contribution in [3.63, 3.8) is 0 Å². The van der Waals surface area contributed by atoms with Gasteiger partial charge >= 0.3 is 5.97 Å². The van der Waals surface area contributed by atoms with Gasteiger partial charge in [0.2, 0.25) is 11.9 Å². The molecule has 1 amide bonds. The molecular formula is C11H14N4O3. The molecule has 0 aromatic carbocycles. The minimum Gasteiger partial charge on any atom is -0.478 e. The standard InChI is InChI=1S/C11H14N4O3/c1-2-15(7-9(12)16)11-13-5-8(6-14-11)3-4-10(17)18/h3-6H,2,7H2,1H3,(H2,12,16)(H,17,18)/b4-3+. The molecule has 1 aromatic heterocycles. The van der Waals surface area contributed by atoms with Crippen LogP contribution in [0.25, 0.3) is 6.08 Å². The van der Waals surface area contributed by atoms with E-state index in [-0.39, 0.29) is 6.54 Å². The van der Waals surface area contributed by atoms with Gasteiger partial charge in [-0.3, -0.25) is 4.79 Å². The maximum atomic E-state index is 10.8. The van der Waals surface area contributed by atoms with Gasteiger partial charge in [-0.05, 0) is 13.0 Å². The van der Waals surface area contributed by atoms with Gasteiger partial charge in [-0.25, -0.2) is 14.8 Å². The number of nitrogens with two attached hydrogens (primary N) is 1. The molecule has 0 fully saturated rings. The zero-order valence-corrected chi connectivity index (χ0v) is 9.91. The van der Waals surface area contributed by atoms with Gasteiger partial charge in [-0.2, -0.15) is 0 Å². The molecule has 7 heteroatoms. The minimum absolute atomic E-state index is 0.0425. The van der Waals surface area contributed by atoms with Crippen molar-refractivity contribution in [2.45, 2.75) is 6.92 Å². The number of rotatable bonds is 6. The van der Waals surface area contributed by atoms with Gasteiger partial charge in [0.25, 0.3) is 0 Å². The summed E-state index contributed by atoms with van der Waals surface area (Å²) >= 11 is 0. The quantitative estimate of drug-likeness (QED) is 0.681. The van der Waals surface area contributed by atoms with Crippen LogP contribution < -0.4 is 10.6 Å². The van der Waals surface area contributed by atoms with E-state index in [1.54, 1.807) is 4.90 Å². The van der Waals surface area contributed by atoms with Gasteiger partial charge in [-0.1, -0.05) is 0 Å². The summed E-state index contributed by atoms with van der Waals surface area (Å²) in [6.07, 6.45) is 5.34. The van der Waals surface area contributed by atoms with E-state index in [0.717, 1.165) is 6.08 Å². The maximum Gasteiger partial charge on any atom is 0.328 e. The molecular weight excluding hydrogens is 236 g/mol. The lowest BCUT2D eigenvalue weighted by molar-refractivity contribution is -0.131. The number of primary amides is 1. The van der Waals surface area contributed by atoms with Crippen molar-refractivity contribution < 1.29 is 14.7 Å². The molecule has 0 aliphatic carbocycles. The summed E-state index contributed by atoms with van der Waals surface area (Å²) in [5, 5.41) is 8.47. The average Bonchev–Trinajstić information content (AvgIpc) is 2.34. The molecule has 96 valence electrons. The molecule has 18 heavy (non-hydrogen) atoms. The summed E-state index contributed by atoms with van der Waals surface area (Å²) in [6.45, 7) is 2.44. The van der Waals surface area contributed by atoms with Crippen molar-refractivity contribution in [2.75, 3.05) is 18.0 Å². The summed E-state index contributed by atoms with van der Waals surface area (Å²) in [7, 11) is 0. The van der Waals surface area contributed by atoms with Crippen LogP contribution in [0.4, 0.5) is 5.95 Å². The Kier molecular flexibility index (Phi) is 4.79. The van der Waals surface area contributed by atoms with Crippen LogP contribution >= 0.6 is 0 Å². The molecule has 0 bridgehead atoms. The maximum absolute atomic E-state index is 10.8. The highest BCUT2D eigenvalue weighted by atomic mass is 16.4. The Morgan fingerprint density at radius 1 is 1.44 bits per heavy atom. The van der Waals surface area contributed by atoms with Crippen LogP contribution in [-0.4, -0.2) is 40.0 Å². The van der Waals surface area contributed by atoms with E-state index in [1.165, 1.54) is 18.5 Å². The highest BCUT2D eigenvalue weighted by Gasteiger charge is 2.09. The first-order valence-electron chi connectivity index (χ1n) is 5.29. The second-order valence-electron chi connectivity index (χ2n) is 3.47. The first-order valence-corrected chi connectivity index (χ1v) is 5.29. The Morgan fingerprint density at radius 2 is 2.06 bits per heavy atom. The van der Waals surface area contributed by atoms with E-state index in [9.17, 15) is 9.59 Å². The number of anilines is 1. The van der Waals surface area contributed by atoms with Gasteiger partial charge in [0.05, 0.1) is 6.54 Å². The fourth-order valence-corrected chi connectivity index (χ4v) is 1.26. The van der Waals surface area contributed by atoms with Crippen LogP contribution in [0.15, 0.2) is 18.5 Å². The second-order valence-corrected chi connectivity index (χ2v) is 3.47. The fraction of sp³-hybridized carbons (Fsp3) is 0.273. The highest BCUT2D eigenvalue weighted by Crippen LogP contribution is 2.07. The molecule has 0 spiro atoms. The topological polar surface area (TPSA) is 109 Å². The minimum atomic E-state index is -1.04. The molecule has 0 saturated heterocycles. The number of amides is 1. The number of aromatic nitrogens is 2. The number of carboxylic acid groups (broad SMARTS) is 1. The van der Waals surface area contributed by atoms with Crippen LogP contribution in [0, 0.1) is 0 Å². The number of aliphatic carboxylic acids is 1. The molecule has 1 aromatic rings. The van der Waals surface area contributed by atoms with Gasteiger partial charge in [0.15, 0.2) is 0 Å². The van der Waals surface area contributed by atoms with Crippen molar-refractivity contribution >= 4 is 23.9 Å². The number of carbonyl (C=O) groups is 2. The fourth-order valence-electron chi connectivity index (χ4n) is 1.26. The van der Waals surface area contributed by atoms with E-state index in [0.29, 0.717) is 18.1 Å². The largest absolute Gasteiger partial charge is 0.478 e. The summed E-state index contributed by atoms with van der Waals surface area (Å²) in [4.78, 5) is 30.9. The van der Waals surface area contributed by atoms with Crippen molar-refractivity contribution in [1.29, 1.82) is 0 Å². The van der Waals surface area contributed by atoms with Crippen molar-refractivity contribution in [3.8, 4) is 0 Å². The van der Waals surface area contributed by atoms with E-state index in [2.05, 4.69) is 9.97 Å². The number of likely N-dealkylation sites (N-methyl/N-ethyl adjacent to an activating group) is 1. The first-order chi connectivity index (χ1) is 8.52. The van der Waals surface area contributed by atoms with E-state index >= 15 is 0 Å². The van der Waals surface area contributed by atoms with Crippen molar-refractivity contribution in [1.82, 2.24) is 9.97 Å². The van der Waals surface area contributed by atoms with Gasteiger partial charge < -0.3 is 15.7 Å². The lowest BCUT2D eigenvalue weighted by atomic mass is 10.3. The molecule has 1 heterocycles. The monoisotopic (exact) mass is 250 g/mol. The Balaban J connectivity index is 2.80. The first kappa shape index (κ1) is 13.6. The lowest BCUT2D eigenvalue weighted by Crippen LogP contribution is -2.34. The predicted octanol–water partition coefficient (Wildman–Crippen LogP) is -0.114. The summed E-state index contributed by atoms with van der Waals surface area (Å²) in [5.41, 5.74) is 5.67. The Hall–Kier alpha value is -2.44. The van der Waals surface area contributed by atoms with Crippen molar-refractivity contribution in [3.05, 3.63) is 24.0 Å². The second kappa shape index (κ2) is 6.33. The third-order valence-electron chi connectivity index (χ3n) is 2.09. The highest BCUT2D eigenvalue weighted by molar-refractivity contribution is 5.85. The number of hydrogen-bond donors (Lipinski definition) is 2. The average molecular weight is 250 g/mol. The number of carboxylic acids is 1. The zero-order chi connectivity index (χ0) is 13.5. The molecule has 3 N–H and O–H groups in total. The van der Waals surface area contributed by atoms with E-state index in [1.807, 2.05) is 6.92 Å². The summed E-state index contributed by atoms with van der Waals surface area (Å²) in [5.74, 6) is -1.12. The van der Waals surface area contributed by atoms with Crippen molar-refractivity contribution in [2.24, 2.45) is 5.73 Å². The Morgan fingerprint density at radius 3 is 2.50 bits per heavy atom. The molecule has 0 atom stereocenters. The third-order valence-corrected chi connectivity index (χ3v) is 2.09. The predicted molar refractivity (Wildman–Crippen MR) is 65.8 cm³/mol. The Labute approximate surface area is 104 Å². The lowest BCUT2D eigenvalue weighted by Gasteiger charge is -2.18. The number of carbonyl (C=O) groups excluding carboxylic acids is 1. The summed E-state index contributed by atoms with van der Waals surface area (Å²) in [6, 6.07) is 0. The van der Waals surface area contributed by atoms with E-state index in [4.69, 9.17) is 10.8 Å². The molecule has 1 rings (SSSR count). The zero-order valence-electron chi connectivity index (χ0n) is 9.91. The van der Waals surface area contributed by atoms with Gasteiger partial charge in [0.1, 0.15) is 0 Å². The van der Waals surface area contributed by atoms with Crippen LogP contribution in [-0.2, 0) is 9.59 Å². The third kappa shape index (κ3) is 4.20. The normalized spacial score (nSPS) is 10.5. The summed E-state index contributed by atoms with van der Waals surface area (Å²) < 4.78 is 0. The van der Waals surface area contributed by atoms with Gasteiger partial charge in [-0.15, -0.1) is 0 Å². The van der Waals surface area contributed by atoms with Gasteiger partial charge in [0, 0.05) is 30.6 Å². The molecule has 7 nitrogen and oxygen atoms in total. The number of hydrogen-bond acceptors (Lipinski definition) is 5. The van der Waals surface area contributed by atoms with Crippen LogP contribution in [0.5, 0.6) is 0 Å².